The standard InChI is InChI=1S/C8H16N2O5.C7H14N2O5/c1-6(2)7(9)8(11)14-4-3-5-15-10(12)13;1-5(2)6(8)7(10)13-3-4-14-9(11)12/h6-7H,3-5,9H2,1-2H3;5-6H,3-4,8H2,1-2H3. The Hall–Kier alpha value is -2.74. The van der Waals surface area contributed by atoms with E-state index in [-0.39, 0.29) is 44.7 Å². The van der Waals surface area contributed by atoms with Crippen molar-refractivity contribution in [2.45, 2.75) is 46.2 Å². The molecule has 0 bridgehead atoms. The van der Waals surface area contributed by atoms with Gasteiger partial charge in [-0.1, -0.05) is 27.7 Å². The molecule has 170 valence electrons. The molecule has 0 rings (SSSR count). The number of carbonyl (C=O) groups excluding carboxylic acids is 2. The van der Waals surface area contributed by atoms with E-state index in [0.717, 1.165) is 0 Å². The van der Waals surface area contributed by atoms with Crippen LogP contribution in [0.25, 0.3) is 0 Å². The Balaban J connectivity index is 0. The topological polar surface area (TPSA) is 209 Å². The summed E-state index contributed by atoms with van der Waals surface area (Å²) in [5.74, 6) is -1.09. The Morgan fingerprint density at radius 3 is 1.52 bits per heavy atom. The highest BCUT2D eigenvalue weighted by atomic mass is 17.0. The van der Waals surface area contributed by atoms with Crippen LogP contribution in [0.2, 0.25) is 0 Å². The SMILES string of the molecule is CC(C)C(N)C(=O)OCCCO[N+](=O)[O-].CC(C)C(N)C(=O)OCCO[N+](=O)[O-]. The molecule has 0 heterocycles. The third-order valence-corrected chi connectivity index (χ3v) is 3.23. The lowest BCUT2D eigenvalue weighted by molar-refractivity contribution is -0.757. The summed E-state index contributed by atoms with van der Waals surface area (Å²) in [4.78, 5) is 49.6. The van der Waals surface area contributed by atoms with Crippen LogP contribution in [-0.2, 0) is 28.7 Å². The largest absolute Gasteiger partial charge is 0.464 e. The second-order valence-corrected chi connectivity index (χ2v) is 6.34. The molecule has 0 radical (unpaired) electrons. The summed E-state index contributed by atoms with van der Waals surface area (Å²) in [6.07, 6.45) is 0.275. The van der Waals surface area contributed by atoms with Crippen molar-refractivity contribution in [3.05, 3.63) is 20.2 Å². The molecule has 29 heavy (non-hydrogen) atoms. The Morgan fingerprint density at radius 2 is 1.14 bits per heavy atom. The highest BCUT2D eigenvalue weighted by Gasteiger charge is 2.19. The van der Waals surface area contributed by atoms with Gasteiger partial charge in [-0.2, -0.15) is 0 Å². The van der Waals surface area contributed by atoms with Gasteiger partial charge in [-0.25, -0.2) is 0 Å². The first-order valence-corrected chi connectivity index (χ1v) is 8.79. The maximum absolute atomic E-state index is 11.2. The molecule has 0 spiro atoms. The summed E-state index contributed by atoms with van der Waals surface area (Å²) < 4.78 is 9.40. The number of ether oxygens (including phenoxy) is 2. The van der Waals surface area contributed by atoms with Crippen LogP contribution in [0, 0.1) is 32.1 Å². The first-order valence-electron chi connectivity index (χ1n) is 8.79. The van der Waals surface area contributed by atoms with Crippen LogP contribution in [0.5, 0.6) is 0 Å². The lowest BCUT2D eigenvalue weighted by Gasteiger charge is -2.14. The normalized spacial score (nSPS) is 12.3. The van der Waals surface area contributed by atoms with E-state index in [1.54, 1.807) is 13.8 Å². The van der Waals surface area contributed by atoms with Gasteiger partial charge in [0, 0.05) is 6.42 Å². The van der Waals surface area contributed by atoms with Gasteiger partial charge in [-0.15, -0.1) is 20.2 Å². The Bertz CT molecular complexity index is 515. The minimum atomic E-state index is -0.948. The molecule has 0 fully saturated rings. The van der Waals surface area contributed by atoms with Crippen molar-refractivity contribution in [1.82, 2.24) is 0 Å². The monoisotopic (exact) mass is 426 g/mol. The van der Waals surface area contributed by atoms with Gasteiger partial charge in [-0.3, -0.25) is 9.59 Å². The minimum absolute atomic E-state index is 0.00697. The molecule has 0 aromatic heterocycles. The summed E-state index contributed by atoms with van der Waals surface area (Å²) in [7, 11) is 0. The number of nitrogens with two attached hydrogens (primary N) is 2. The van der Waals surface area contributed by atoms with Gasteiger partial charge in [0.05, 0.1) is 13.2 Å². The van der Waals surface area contributed by atoms with E-state index >= 15 is 0 Å². The predicted octanol–water partition coefficient (Wildman–Crippen LogP) is -0.167. The second kappa shape index (κ2) is 16.2. The smallest absolute Gasteiger partial charge is 0.323 e. The zero-order valence-corrected chi connectivity index (χ0v) is 17.0. The molecule has 0 saturated heterocycles. The van der Waals surface area contributed by atoms with Gasteiger partial charge >= 0.3 is 11.9 Å². The number of esters is 2. The van der Waals surface area contributed by atoms with Crippen LogP contribution in [0.15, 0.2) is 0 Å². The highest BCUT2D eigenvalue weighted by molar-refractivity contribution is 5.76. The van der Waals surface area contributed by atoms with E-state index in [0.29, 0.717) is 0 Å². The van der Waals surface area contributed by atoms with E-state index in [2.05, 4.69) is 14.4 Å². The lowest BCUT2D eigenvalue weighted by atomic mass is 10.1. The van der Waals surface area contributed by atoms with Crippen molar-refractivity contribution in [2.75, 3.05) is 26.4 Å². The average molecular weight is 426 g/mol. The summed E-state index contributed by atoms with van der Waals surface area (Å²) in [6.45, 7) is 6.72. The van der Waals surface area contributed by atoms with Gasteiger partial charge in [0.1, 0.15) is 25.3 Å². The van der Waals surface area contributed by atoms with Gasteiger partial charge in [-0.05, 0) is 11.8 Å². The maximum atomic E-state index is 11.2. The van der Waals surface area contributed by atoms with Gasteiger partial charge in [0.2, 0.25) is 0 Å². The molecule has 0 amide bonds. The van der Waals surface area contributed by atoms with Gasteiger partial charge in [0.15, 0.2) is 0 Å². The van der Waals surface area contributed by atoms with Crippen molar-refractivity contribution in [2.24, 2.45) is 23.3 Å². The van der Waals surface area contributed by atoms with E-state index in [9.17, 15) is 29.8 Å². The van der Waals surface area contributed by atoms with Crippen LogP contribution in [0.4, 0.5) is 0 Å². The molecular weight excluding hydrogens is 396 g/mol. The fourth-order valence-electron chi connectivity index (χ4n) is 1.36. The second-order valence-electron chi connectivity index (χ2n) is 6.34. The van der Waals surface area contributed by atoms with E-state index in [1.165, 1.54) is 0 Å². The molecule has 2 atom stereocenters. The molecule has 0 aromatic rings. The predicted molar refractivity (Wildman–Crippen MR) is 98.1 cm³/mol. The number of nitrogens with zero attached hydrogens (tertiary/aromatic N) is 2. The quantitative estimate of drug-likeness (QED) is 0.170. The first-order chi connectivity index (χ1) is 13.4. The molecule has 2 unspecified atom stereocenters. The molecule has 14 nitrogen and oxygen atoms in total. The Kier molecular flexibility index (Phi) is 15.9. The van der Waals surface area contributed by atoms with Crippen LogP contribution in [-0.4, -0.2) is 60.6 Å². The van der Waals surface area contributed by atoms with Crippen molar-refractivity contribution in [1.29, 1.82) is 0 Å². The highest BCUT2D eigenvalue weighted by Crippen LogP contribution is 2.01. The summed E-state index contributed by atoms with van der Waals surface area (Å²) in [6, 6.07) is -1.35. The van der Waals surface area contributed by atoms with Crippen molar-refractivity contribution >= 4 is 11.9 Å². The third kappa shape index (κ3) is 17.1. The van der Waals surface area contributed by atoms with Gasteiger partial charge < -0.3 is 30.6 Å². The molecule has 4 N–H and O–H groups in total. The van der Waals surface area contributed by atoms with Crippen molar-refractivity contribution < 1.29 is 38.9 Å². The van der Waals surface area contributed by atoms with Crippen LogP contribution >= 0.6 is 0 Å². The van der Waals surface area contributed by atoms with Crippen LogP contribution < -0.4 is 11.5 Å². The minimum Gasteiger partial charge on any atom is -0.464 e. The number of hydrogen-bond donors (Lipinski definition) is 2. The maximum Gasteiger partial charge on any atom is 0.323 e. The molecule has 0 saturated carbocycles. The zero-order chi connectivity index (χ0) is 23.0. The van der Waals surface area contributed by atoms with Gasteiger partial charge in [0.25, 0.3) is 10.2 Å². The Morgan fingerprint density at radius 1 is 0.759 bits per heavy atom. The fourth-order valence-corrected chi connectivity index (χ4v) is 1.36. The van der Waals surface area contributed by atoms with E-state index in [1.807, 2.05) is 13.8 Å². The number of rotatable bonds is 13. The number of hydrogen-bond acceptors (Lipinski definition) is 12. The van der Waals surface area contributed by atoms with E-state index < -0.39 is 34.2 Å². The molecular formula is C15H30N4O10. The molecule has 0 aliphatic carbocycles. The van der Waals surface area contributed by atoms with Crippen LogP contribution in [0.1, 0.15) is 34.1 Å². The average Bonchev–Trinajstić information content (AvgIpc) is 2.63. The number of carbonyl (C=O) groups is 2. The molecule has 0 aliphatic heterocycles. The first kappa shape index (κ1) is 28.5. The van der Waals surface area contributed by atoms with Crippen molar-refractivity contribution in [3.63, 3.8) is 0 Å². The molecule has 14 heteroatoms. The zero-order valence-electron chi connectivity index (χ0n) is 17.0. The summed E-state index contributed by atoms with van der Waals surface area (Å²) in [5, 5.41) is 17.6. The summed E-state index contributed by atoms with van der Waals surface area (Å²) >= 11 is 0. The molecule has 0 aliphatic rings. The lowest BCUT2D eigenvalue weighted by Crippen LogP contribution is -2.37. The van der Waals surface area contributed by atoms with Crippen molar-refractivity contribution in [3.8, 4) is 0 Å². The third-order valence-electron chi connectivity index (χ3n) is 3.23. The fraction of sp³-hybridized carbons (Fsp3) is 0.867. The summed E-state index contributed by atoms with van der Waals surface area (Å²) in [5.41, 5.74) is 11.0. The molecule has 0 aromatic carbocycles. The Labute approximate surface area is 168 Å². The van der Waals surface area contributed by atoms with Crippen LogP contribution in [0.3, 0.4) is 0 Å². The van der Waals surface area contributed by atoms with E-state index in [4.69, 9.17) is 16.2 Å².